The van der Waals surface area contributed by atoms with E-state index in [9.17, 15) is 14.0 Å². The lowest BCUT2D eigenvalue weighted by atomic mass is 9.83. The second-order valence-corrected chi connectivity index (χ2v) is 8.88. The van der Waals surface area contributed by atoms with Crippen molar-refractivity contribution in [2.24, 2.45) is 5.41 Å². The third-order valence-corrected chi connectivity index (χ3v) is 4.73. The molecule has 0 spiro atoms. The van der Waals surface area contributed by atoms with Crippen LogP contribution in [0.1, 0.15) is 62.4 Å². The Bertz CT molecular complexity index is 760. The smallest absolute Gasteiger partial charge is 0.407 e. The summed E-state index contributed by atoms with van der Waals surface area (Å²) in [6, 6.07) is 2.80. The maximum atomic E-state index is 14.6. The van der Waals surface area contributed by atoms with E-state index in [1.165, 1.54) is 11.0 Å². The Kier molecular flexibility index (Phi) is 4.82. The van der Waals surface area contributed by atoms with Gasteiger partial charge in [-0.15, -0.1) is 0 Å². The van der Waals surface area contributed by atoms with Crippen LogP contribution in [0.25, 0.3) is 0 Å². The Morgan fingerprint density at radius 3 is 2.44 bits per heavy atom. The third-order valence-electron chi connectivity index (χ3n) is 4.73. The number of likely N-dealkylation sites (tertiary alicyclic amines) is 1. The number of benzene rings is 1. The van der Waals surface area contributed by atoms with Gasteiger partial charge in [0.15, 0.2) is 0 Å². The molecule has 2 aliphatic rings. The number of nitrogens with zero attached hydrogens (tertiary/aromatic N) is 1. The van der Waals surface area contributed by atoms with Crippen molar-refractivity contribution in [2.75, 3.05) is 19.7 Å². The number of halogens is 1. The Balaban J connectivity index is 1.75. The third kappa shape index (κ3) is 4.51. The molecule has 1 amide bonds. The van der Waals surface area contributed by atoms with E-state index in [2.05, 4.69) is 0 Å². The van der Waals surface area contributed by atoms with Gasteiger partial charge in [0.05, 0.1) is 12.2 Å². The predicted molar refractivity (Wildman–Crippen MR) is 96.7 cm³/mol. The molecule has 2 fully saturated rings. The lowest BCUT2D eigenvalue weighted by molar-refractivity contribution is -0.00820. The molecular formula is C20H26FNO5. The topological polar surface area (TPSA) is 76.1 Å². The van der Waals surface area contributed by atoms with Crippen molar-refractivity contribution < 1.29 is 28.6 Å². The molecule has 6 nitrogen and oxygen atoms in total. The van der Waals surface area contributed by atoms with Gasteiger partial charge in [-0.05, 0) is 51.2 Å². The molecule has 1 heterocycles. The molecule has 0 aromatic heterocycles. The van der Waals surface area contributed by atoms with Gasteiger partial charge in [0.1, 0.15) is 17.2 Å². The Morgan fingerprint density at radius 2 is 1.93 bits per heavy atom. The molecule has 0 atom stereocenters. The zero-order valence-electron chi connectivity index (χ0n) is 16.2. The van der Waals surface area contributed by atoms with Gasteiger partial charge in [-0.25, -0.2) is 14.0 Å². The lowest BCUT2D eigenvalue weighted by Gasteiger charge is -2.46. The number of ether oxygens (including phenoxy) is 2. The molecule has 1 aromatic carbocycles. The van der Waals surface area contributed by atoms with E-state index in [1.807, 2.05) is 6.92 Å². The number of rotatable bonds is 5. The summed E-state index contributed by atoms with van der Waals surface area (Å²) in [5, 5.41) is 8.97. The van der Waals surface area contributed by atoms with Crippen molar-refractivity contribution in [3.05, 3.63) is 29.1 Å². The van der Waals surface area contributed by atoms with Crippen LogP contribution >= 0.6 is 0 Å². The highest BCUT2D eigenvalue weighted by Crippen LogP contribution is 2.45. The van der Waals surface area contributed by atoms with Gasteiger partial charge in [-0.1, -0.05) is 6.92 Å². The Labute approximate surface area is 158 Å². The first-order chi connectivity index (χ1) is 12.5. The molecule has 1 aromatic rings. The molecule has 3 rings (SSSR count). The molecule has 0 radical (unpaired) electrons. The van der Waals surface area contributed by atoms with Gasteiger partial charge in [0.2, 0.25) is 0 Å². The van der Waals surface area contributed by atoms with E-state index < -0.39 is 23.5 Å². The van der Waals surface area contributed by atoms with Crippen LogP contribution in [0.4, 0.5) is 9.18 Å². The summed E-state index contributed by atoms with van der Waals surface area (Å²) >= 11 is 0. The van der Waals surface area contributed by atoms with Crippen molar-refractivity contribution in [3.63, 3.8) is 0 Å². The normalized spacial score (nSPS) is 18.6. The summed E-state index contributed by atoms with van der Waals surface area (Å²) in [6.45, 7) is 8.22. The number of carboxylic acid groups (broad SMARTS) is 1. The van der Waals surface area contributed by atoms with Gasteiger partial charge < -0.3 is 19.5 Å². The average molecular weight is 379 g/mol. The van der Waals surface area contributed by atoms with Crippen LogP contribution in [-0.2, 0) is 4.74 Å². The largest absolute Gasteiger partial charge is 0.492 e. The monoisotopic (exact) mass is 379 g/mol. The summed E-state index contributed by atoms with van der Waals surface area (Å²) in [6.07, 6.45) is 0.999. The number of carbonyl (C=O) groups excluding carboxylic acids is 1. The van der Waals surface area contributed by atoms with Crippen molar-refractivity contribution in [1.82, 2.24) is 4.90 Å². The van der Waals surface area contributed by atoms with E-state index in [1.54, 1.807) is 26.8 Å². The molecule has 0 unspecified atom stereocenters. The number of carbonyl (C=O) groups is 2. The molecule has 1 aliphatic carbocycles. The van der Waals surface area contributed by atoms with Gasteiger partial charge >= 0.3 is 12.1 Å². The van der Waals surface area contributed by atoms with Gasteiger partial charge in [-0.3, -0.25) is 0 Å². The van der Waals surface area contributed by atoms with Crippen LogP contribution in [-0.4, -0.2) is 47.4 Å². The van der Waals surface area contributed by atoms with Crippen molar-refractivity contribution in [1.29, 1.82) is 0 Å². The van der Waals surface area contributed by atoms with E-state index in [-0.39, 0.29) is 16.9 Å². The van der Waals surface area contributed by atoms with E-state index >= 15 is 0 Å². The first-order valence-electron chi connectivity index (χ1n) is 9.15. The van der Waals surface area contributed by atoms with Crippen LogP contribution in [0.3, 0.4) is 0 Å². The Hall–Kier alpha value is -2.31. The number of esters is 1. The maximum Gasteiger partial charge on any atom is 0.407 e. The fourth-order valence-electron chi connectivity index (χ4n) is 3.25. The zero-order chi connectivity index (χ0) is 20.0. The summed E-state index contributed by atoms with van der Waals surface area (Å²) in [5.74, 6) is -0.671. The van der Waals surface area contributed by atoms with Crippen molar-refractivity contribution in [3.8, 4) is 5.75 Å². The fraction of sp³-hybridized carbons (Fsp3) is 0.600. The van der Waals surface area contributed by atoms with E-state index in [0.29, 0.717) is 25.4 Å². The first-order valence-corrected chi connectivity index (χ1v) is 9.15. The van der Waals surface area contributed by atoms with Crippen LogP contribution < -0.4 is 4.74 Å². The first kappa shape index (κ1) is 19.5. The summed E-state index contributed by atoms with van der Waals surface area (Å²) in [7, 11) is 0. The Morgan fingerprint density at radius 1 is 1.30 bits per heavy atom. The number of hydrogen-bond donors (Lipinski definition) is 1. The molecular weight excluding hydrogens is 353 g/mol. The predicted octanol–water partition coefficient (Wildman–Crippen LogP) is 4.04. The molecule has 1 saturated carbocycles. The van der Waals surface area contributed by atoms with Crippen LogP contribution in [0.2, 0.25) is 0 Å². The van der Waals surface area contributed by atoms with E-state index in [4.69, 9.17) is 14.6 Å². The van der Waals surface area contributed by atoms with Gasteiger partial charge in [0, 0.05) is 24.6 Å². The summed E-state index contributed by atoms with van der Waals surface area (Å²) in [5.41, 5.74) is -0.256. The van der Waals surface area contributed by atoms with Gasteiger partial charge in [0.25, 0.3) is 0 Å². The average Bonchev–Trinajstić information content (AvgIpc) is 3.32. The minimum absolute atomic E-state index is 0.0777. The fourth-order valence-corrected chi connectivity index (χ4v) is 3.25. The molecule has 1 saturated heterocycles. The highest BCUT2D eigenvalue weighted by atomic mass is 19.1. The molecule has 1 N–H and O–H groups in total. The molecule has 27 heavy (non-hydrogen) atoms. The maximum absolute atomic E-state index is 14.6. The highest BCUT2D eigenvalue weighted by Gasteiger charge is 2.42. The SMILES string of the molecule is CC1(COc2cc(F)c(C(=O)OC(C)(C)C)cc2C2CC2)CN(C(=O)O)C1. The minimum atomic E-state index is -0.945. The second-order valence-electron chi connectivity index (χ2n) is 8.88. The summed E-state index contributed by atoms with van der Waals surface area (Å²) in [4.78, 5) is 24.5. The van der Waals surface area contributed by atoms with Crippen molar-refractivity contribution in [2.45, 2.75) is 52.1 Å². The molecule has 0 bridgehead atoms. The second kappa shape index (κ2) is 6.69. The standard InChI is InChI=1S/C20H26FNO5/c1-19(2,3)27-17(23)14-7-13(12-5-6-12)16(8-15(14)21)26-11-20(4)9-22(10-20)18(24)25/h7-8,12H,5-6,9-11H2,1-4H3,(H,24,25). The molecule has 7 heteroatoms. The molecule has 1 aliphatic heterocycles. The highest BCUT2D eigenvalue weighted by molar-refractivity contribution is 5.90. The van der Waals surface area contributed by atoms with Gasteiger partial charge in [-0.2, -0.15) is 0 Å². The van der Waals surface area contributed by atoms with Crippen molar-refractivity contribution >= 4 is 12.1 Å². The van der Waals surface area contributed by atoms with Crippen LogP contribution in [0, 0.1) is 11.2 Å². The summed E-state index contributed by atoms with van der Waals surface area (Å²) < 4.78 is 25.7. The lowest BCUT2D eigenvalue weighted by Crippen LogP contribution is -2.59. The van der Waals surface area contributed by atoms with Crippen LogP contribution in [0.15, 0.2) is 12.1 Å². The number of amides is 1. The number of hydrogen-bond acceptors (Lipinski definition) is 4. The zero-order valence-corrected chi connectivity index (χ0v) is 16.2. The van der Waals surface area contributed by atoms with E-state index in [0.717, 1.165) is 18.4 Å². The quantitative estimate of drug-likeness (QED) is 0.782. The minimum Gasteiger partial charge on any atom is -0.492 e. The molecule has 148 valence electrons. The van der Waals surface area contributed by atoms with Crippen LogP contribution in [0.5, 0.6) is 5.75 Å².